The summed E-state index contributed by atoms with van der Waals surface area (Å²) in [5.41, 5.74) is 15.2. The van der Waals surface area contributed by atoms with E-state index in [1.54, 1.807) is 0 Å². The first-order valence-electron chi connectivity index (χ1n) is 22.8. The molecule has 66 heavy (non-hydrogen) atoms. The van der Waals surface area contributed by atoms with Gasteiger partial charge in [0.15, 0.2) is 0 Å². The van der Waals surface area contributed by atoms with Gasteiger partial charge in [0.05, 0.1) is 0 Å². The van der Waals surface area contributed by atoms with Gasteiger partial charge in [0.25, 0.3) is 0 Å². The Morgan fingerprint density at radius 3 is 0.758 bits per heavy atom. The third-order valence-corrected chi connectivity index (χ3v) is 11.1. The lowest BCUT2D eigenvalue weighted by molar-refractivity contribution is 1.46. The van der Waals surface area contributed by atoms with E-state index in [1.807, 2.05) is 36.4 Å². The topological polar surface area (TPSA) is 0 Å². The minimum atomic E-state index is 1.21. The van der Waals surface area contributed by atoms with Gasteiger partial charge in [-0.1, -0.05) is 289 Å². The lowest BCUT2D eigenvalue weighted by atomic mass is 10.0. The summed E-state index contributed by atoms with van der Waals surface area (Å²) >= 11 is 0. The molecule has 0 N–H and O–H groups in total. The van der Waals surface area contributed by atoms with Crippen molar-refractivity contribution >= 4 is 45.8 Å². The molecular formula is C66H62. The molecule has 0 aliphatic rings. The molecule has 10 rings (SSSR count). The van der Waals surface area contributed by atoms with E-state index in [4.69, 9.17) is 0 Å². The van der Waals surface area contributed by atoms with Crippen molar-refractivity contribution < 1.29 is 0 Å². The second-order valence-electron chi connectivity index (χ2n) is 16.6. The average Bonchev–Trinajstić information content (AvgIpc) is 3.36. The quantitative estimate of drug-likeness (QED) is 0.151. The van der Waals surface area contributed by atoms with Crippen molar-refractivity contribution in [2.45, 2.75) is 41.5 Å². The van der Waals surface area contributed by atoms with Crippen molar-refractivity contribution in [3.05, 3.63) is 298 Å². The summed E-state index contributed by atoms with van der Waals surface area (Å²) in [6.45, 7) is 12.7. The summed E-state index contributed by atoms with van der Waals surface area (Å²) in [6, 6.07) is 84.8. The zero-order valence-corrected chi connectivity index (χ0v) is 39.4. The molecule has 0 saturated heterocycles. The molecular weight excluding hydrogens is 793 g/mol. The molecule has 0 aliphatic heterocycles. The fourth-order valence-electron chi connectivity index (χ4n) is 7.16. The van der Waals surface area contributed by atoms with Crippen LogP contribution in [0.4, 0.5) is 0 Å². The van der Waals surface area contributed by atoms with E-state index < -0.39 is 0 Å². The van der Waals surface area contributed by atoms with Crippen LogP contribution in [0.1, 0.15) is 55.6 Å². The van der Waals surface area contributed by atoms with E-state index in [2.05, 4.69) is 272 Å². The van der Waals surface area contributed by atoms with Crippen molar-refractivity contribution in [3.63, 3.8) is 0 Å². The van der Waals surface area contributed by atoms with E-state index in [9.17, 15) is 0 Å². The van der Waals surface area contributed by atoms with Crippen molar-refractivity contribution in [1.82, 2.24) is 0 Å². The Morgan fingerprint density at radius 2 is 0.470 bits per heavy atom. The monoisotopic (exact) mass is 854 g/mol. The molecule has 0 aromatic heterocycles. The molecule has 0 aliphatic carbocycles. The Kier molecular flexibility index (Phi) is 18.4. The molecule has 0 saturated carbocycles. The van der Waals surface area contributed by atoms with Gasteiger partial charge < -0.3 is 0 Å². The number of benzene rings is 10. The van der Waals surface area contributed by atoms with Crippen molar-refractivity contribution in [2.75, 3.05) is 0 Å². The smallest absolute Gasteiger partial charge is 0.0155 e. The molecule has 0 bridgehead atoms. The minimum absolute atomic E-state index is 1.21. The van der Waals surface area contributed by atoms with Crippen LogP contribution < -0.4 is 0 Å². The molecule has 326 valence electrons. The van der Waals surface area contributed by atoms with Crippen LogP contribution >= 0.6 is 0 Å². The molecule has 0 heterocycles. The molecule has 0 fully saturated rings. The van der Waals surface area contributed by atoms with Gasteiger partial charge in [-0.3, -0.25) is 0 Å². The summed E-state index contributed by atoms with van der Waals surface area (Å²) < 4.78 is 0. The molecule has 0 spiro atoms. The molecule has 10 aromatic rings. The van der Waals surface area contributed by atoms with Gasteiger partial charge in [-0.2, -0.15) is 0 Å². The second-order valence-corrected chi connectivity index (χ2v) is 16.6. The first kappa shape index (κ1) is 47.7. The lowest BCUT2D eigenvalue weighted by Crippen LogP contribution is -1.80. The molecule has 0 heteroatoms. The average molecular weight is 855 g/mol. The van der Waals surface area contributed by atoms with Crippen molar-refractivity contribution in [3.8, 4) is 11.1 Å². The van der Waals surface area contributed by atoms with E-state index in [0.717, 1.165) is 0 Å². The van der Waals surface area contributed by atoms with Gasteiger partial charge in [-0.05, 0) is 108 Å². The highest BCUT2D eigenvalue weighted by Gasteiger charge is 1.99. The van der Waals surface area contributed by atoms with E-state index in [1.165, 1.54) is 88.3 Å². The summed E-state index contributed by atoms with van der Waals surface area (Å²) in [4.78, 5) is 0. The molecule has 10 aromatic carbocycles. The Labute approximate surface area is 394 Å². The van der Waals surface area contributed by atoms with Crippen LogP contribution in [0.3, 0.4) is 0 Å². The van der Waals surface area contributed by atoms with Gasteiger partial charge in [0, 0.05) is 0 Å². The Bertz CT molecular complexity index is 2790. The fraction of sp³-hybridized carbons (Fsp3) is 0.0909. The Balaban J connectivity index is 0.000000161. The summed E-state index contributed by atoms with van der Waals surface area (Å²) in [5.74, 6) is 0. The van der Waals surface area contributed by atoms with Crippen LogP contribution in [0.5, 0.6) is 0 Å². The van der Waals surface area contributed by atoms with Crippen LogP contribution in [-0.2, 0) is 0 Å². The lowest BCUT2D eigenvalue weighted by Gasteiger charge is -2.04. The van der Waals surface area contributed by atoms with Crippen LogP contribution in [0.25, 0.3) is 57.0 Å². The van der Waals surface area contributed by atoms with Gasteiger partial charge in [0.2, 0.25) is 0 Å². The van der Waals surface area contributed by atoms with E-state index in [-0.39, 0.29) is 0 Å². The zero-order valence-electron chi connectivity index (χ0n) is 39.4. The Morgan fingerprint density at radius 1 is 0.212 bits per heavy atom. The standard InChI is InChI=1S/C30H26.2C11H10.2C7H8/c1-23-3-7-25(8-4-23)11-13-27-15-19-29(20-16-27)30-21-17-28(18-22-30)14-12-26-9-5-24(2)6-10-26;2*1-9-5-4-7-10-6-2-3-8-11(9)10;2*1-7-5-3-2-4-6-7/h3-22H,1-2H3;2*2-8H,1H3;2*2-6H,1H3/b13-11+,14-12+;;;;. The normalized spacial score (nSPS) is 10.5. The van der Waals surface area contributed by atoms with E-state index in [0.29, 0.717) is 0 Å². The third-order valence-electron chi connectivity index (χ3n) is 11.1. The maximum atomic E-state index is 2.19. The molecule has 0 atom stereocenters. The predicted octanol–water partition coefficient (Wildman–Crippen LogP) is 18.6. The SMILES string of the molecule is Cc1ccc(/C=C/c2ccc(-c3ccc(/C=C/c4ccc(C)cc4)cc3)cc2)cc1.Cc1cccc2ccccc12.Cc1cccc2ccccc12.Cc1ccccc1.Cc1ccccc1. The largest absolute Gasteiger partial charge is 0.0622 e. The Hall–Kier alpha value is -7.80. The molecule has 0 unspecified atom stereocenters. The van der Waals surface area contributed by atoms with Crippen LogP contribution in [0, 0.1) is 41.5 Å². The fourth-order valence-corrected chi connectivity index (χ4v) is 7.16. The van der Waals surface area contributed by atoms with Gasteiger partial charge in [-0.25, -0.2) is 0 Å². The number of fused-ring (bicyclic) bond motifs is 2. The van der Waals surface area contributed by atoms with Crippen molar-refractivity contribution in [1.29, 1.82) is 0 Å². The van der Waals surface area contributed by atoms with Crippen LogP contribution in [0.2, 0.25) is 0 Å². The highest BCUT2D eigenvalue weighted by atomic mass is 14.0. The third kappa shape index (κ3) is 15.8. The van der Waals surface area contributed by atoms with Crippen LogP contribution in [0.15, 0.2) is 243 Å². The minimum Gasteiger partial charge on any atom is -0.0622 e. The highest BCUT2D eigenvalue weighted by Crippen LogP contribution is 2.23. The van der Waals surface area contributed by atoms with Crippen LogP contribution in [-0.4, -0.2) is 0 Å². The summed E-state index contributed by atoms with van der Waals surface area (Å²) in [5, 5.41) is 5.37. The first-order valence-corrected chi connectivity index (χ1v) is 22.8. The maximum absolute atomic E-state index is 2.19. The summed E-state index contributed by atoms with van der Waals surface area (Å²) in [6.07, 6.45) is 8.63. The number of hydrogen-bond donors (Lipinski definition) is 0. The van der Waals surface area contributed by atoms with Gasteiger partial charge in [-0.15, -0.1) is 0 Å². The second kappa shape index (κ2) is 25.5. The number of rotatable bonds is 5. The van der Waals surface area contributed by atoms with Gasteiger partial charge in [0.1, 0.15) is 0 Å². The summed E-state index contributed by atoms with van der Waals surface area (Å²) in [7, 11) is 0. The number of aryl methyl sites for hydroxylation is 6. The molecule has 0 radical (unpaired) electrons. The van der Waals surface area contributed by atoms with E-state index >= 15 is 0 Å². The first-order chi connectivity index (χ1) is 32.2. The van der Waals surface area contributed by atoms with Crippen molar-refractivity contribution in [2.24, 2.45) is 0 Å². The zero-order chi connectivity index (χ0) is 46.4. The molecule has 0 nitrogen and oxygen atoms in total. The molecule has 0 amide bonds. The maximum Gasteiger partial charge on any atom is -0.0155 e. The number of hydrogen-bond acceptors (Lipinski definition) is 0. The van der Waals surface area contributed by atoms with Gasteiger partial charge >= 0.3 is 0 Å². The predicted molar refractivity (Wildman–Crippen MR) is 292 cm³/mol. The highest BCUT2D eigenvalue weighted by molar-refractivity contribution is 5.86.